The lowest BCUT2D eigenvalue weighted by Gasteiger charge is -2.39. The van der Waals surface area contributed by atoms with Gasteiger partial charge >= 0.3 is 0 Å². The SMILES string of the molecule is CNC1C(CN(C)C2CCCC(C)C2)C(C)(C)OC1(C)C. The molecule has 4 atom stereocenters. The van der Waals surface area contributed by atoms with Crippen molar-refractivity contribution in [3.8, 4) is 0 Å². The third kappa shape index (κ3) is 3.62. The number of hydrogen-bond acceptors (Lipinski definition) is 3. The summed E-state index contributed by atoms with van der Waals surface area (Å²) in [5, 5.41) is 3.53. The minimum absolute atomic E-state index is 0.0638. The van der Waals surface area contributed by atoms with Crippen molar-refractivity contribution in [2.45, 2.75) is 83.6 Å². The van der Waals surface area contributed by atoms with Gasteiger partial charge in [-0.05, 0) is 60.5 Å². The molecule has 0 aromatic rings. The van der Waals surface area contributed by atoms with Crippen molar-refractivity contribution < 1.29 is 4.74 Å². The summed E-state index contributed by atoms with van der Waals surface area (Å²) in [5.74, 6) is 1.41. The van der Waals surface area contributed by atoms with Gasteiger partial charge in [0, 0.05) is 24.5 Å². The van der Waals surface area contributed by atoms with Crippen LogP contribution in [0, 0.1) is 11.8 Å². The van der Waals surface area contributed by atoms with E-state index in [9.17, 15) is 0 Å². The fourth-order valence-electron chi connectivity index (χ4n) is 4.84. The highest BCUT2D eigenvalue weighted by Gasteiger charge is 2.53. The van der Waals surface area contributed by atoms with Crippen LogP contribution in [0.1, 0.15) is 60.3 Å². The van der Waals surface area contributed by atoms with Crippen molar-refractivity contribution in [2.75, 3.05) is 20.6 Å². The molecule has 3 nitrogen and oxygen atoms in total. The molecule has 4 unspecified atom stereocenters. The summed E-state index contributed by atoms with van der Waals surface area (Å²) in [6.07, 6.45) is 5.52. The number of likely N-dealkylation sites (N-methyl/N-ethyl adjacent to an activating group) is 1. The molecule has 2 aliphatic rings. The smallest absolute Gasteiger partial charge is 0.0790 e. The number of ether oxygens (including phenoxy) is 1. The van der Waals surface area contributed by atoms with Gasteiger partial charge in [-0.25, -0.2) is 0 Å². The van der Waals surface area contributed by atoms with Gasteiger partial charge in [0.1, 0.15) is 0 Å². The van der Waals surface area contributed by atoms with Crippen molar-refractivity contribution >= 4 is 0 Å². The van der Waals surface area contributed by atoms with Crippen LogP contribution in [0.5, 0.6) is 0 Å². The van der Waals surface area contributed by atoms with Crippen LogP contribution in [0.3, 0.4) is 0 Å². The predicted molar refractivity (Wildman–Crippen MR) is 89.6 cm³/mol. The van der Waals surface area contributed by atoms with Crippen LogP contribution in [0.25, 0.3) is 0 Å². The van der Waals surface area contributed by atoms with Gasteiger partial charge in [0.05, 0.1) is 11.2 Å². The first-order chi connectivity index (χ1) is 9.67. The normalized spacial score (nSPS) is 38.9. The Labute approximate surface area is 131 Å². The van der Waals surface area contributed by atoms with Crippen LogP contribution in [-0.4, -0.2) is 48.8 Å². The highest BCUT2D eigenvalue weighted by molar-refractivity contribution is 5.06. The standard InChI is InChI=1S/C18H36N2O/c1-13-9-8-10-14(11-13)20(7)12-15-16(19-6)18(4,5)21-17(15,2)3/h13-16,19H,8-12H2,1-7H3. The van der Waals surface area contributed by atoms with E-state index in [1.807, 2.05) is 0 Å². The van der Waals surface area contributed by atoms with Crippen LogP contribution < -0.4 is 5.32 Å². The quantitative estimate of drug-likeness (QED) is 0.861. The molecule has 0 aromatic carbocycles. The molecule has 1 N–H and O–H groups in total. The number of nitrogens with zero attached hydrogens (tertiary/aromatic N) is 1. The molecule has 1 aliphatic carbocycles. The van der Waals surface area contributed by atoms with E-state index in [2.05, 4.69) is 58.9 Å². The third-order valence-corrected chi connectivity index (χ3v) is 5.90. The maximum absolute atomic E-state index is 6.37. The van der Waals surface area contributed by atoms with Gasteiger partial charge in [-0.3, -0.25) is 0 Å². The molecule has 21 heavy (non-hydrogen) atoms. The highest BCUT2D eigenvalue weighted by Crippen LogP contribution is 2.43. The van der Waals surface area contributed by atoms with E-state index in [1.54, 1.807) is 0 Å². The first kappa shape index (κ1) is 17.2. The van der Waals surface area contributed by atoms with Gasteiger partial charge in [0.25, 0.3) is 0 Å². The van der Waals surface area contributed by atoms with E-state index in [-0.39, 0.29) is 11.2 Å². The summed E-state index contributed by atoms with van der Waals surface area (Å²) >= 11 is 0. The van der Waals surface area contributed by atoms with E-state index in [0.717, 1.165) is 18.5 Å². The van der Waals surface area contributed by atoms with E-state index < -0.39 is 0 Å². The molecule has 0 radical (unpaired) electrons. The Bertz CT molecular complexity index is 353. The summed E-state index contributed by atoms with van der Waals surface area (Å²) < 4.78 is 6.37. The van der Waals surface area contributed by atoms with Crippen molar-refractivity contribution in [2.24, 2.45) is 11.8 Å². The van der Waals surface area contributed by atoms with Crippen molar-refractivity contribution in [3.05, 3.63) is 0 Å². The zero-order valence-corrected chi connectivity index (χ0v) is 15.2. The Morgan fingerprint density at radius 2 is 1.81 bits per heavy atom. The number of nitrogens with one attached hydrogen (secondary N) is 1. The fraction of sp³-hybridized carbons (Fsp3) is 1.00. The van der Waals surface area contributed by atoms with Crippen LogP contribution in [0.2, 0.25) is 0 Å². The maximum Gasteiger partial charge on any atom is 0.0790 e. The fourth-order valence-corrected chi connectivity index (χ4v) is 4.84. The topological polar surface area (TPSA) is 24.5 Å². The van der Waals surface area contributed by atoms with Crippen LogP contribution in [0.4, 0.5) is 0 Å². The summed E-state index contributed by atoms with van der Waals surface area (Å²) in [4.78, 5) is 2.61. The van der Waals surface area contributed by atoms with E-state index in [4.69, 9.17) is 4.74 Å². The Morgan fingerprint density at radius 3 is 2.38 bits per heavy atom. The van der Waals surface area contributed by atoms with Crippen LogP contribution in [-0.2, 0) is 4.74 Å². The van der Waals surface area contributed by atoms with Gasteiger partial charge in [-0.1, -0.05) is 19.8 Å². The minimum atomic E-state index is -0.0936. The van der Waals surface area contributed by atoms with Crippen molar-refractivity contribution in [1.29, 1.82) is 0 Å². The molecular weight excluding hydrogens is 260 g/mol. The second-order valence-corrected chi connectivity index (χ2v) is 8.55. The Hall–Kier alpha value is -0.120. The third-order valence-electron chi connectivity index (χ3n) is 5.90. The van der Waals surface area contributed by atoms with Gasteiger partial charge in [0.15, 0.2) is 0 Å². The summed E-state index contributed by atoms with van der Waals surface area (Å²) in [6.45, 7) is 12.5. The molecule has 0 spiro atoms. The molecule has 2 rings (SSSR count). The lowest BCUT2D eigenvalue weighted by molar-refractivity contribution is -0.0799. The first-order valence-electron chi connectivity index (χ1n) is 8.75. The zero-order valence-electron chi connectivity index (χ0n) is 15.2. The van der Waals surface area contributed by atoms with Crippen LogP contribution in [0.15, 0.2) is 0 Å². The van der Waals surface area contributed by atoms with Crippen LogP contribution >= 0.6 is 0 Å². The van der Waals surface area contributed by atoms with Crippen molar-refractivity contribution in [3.63, 3.8) is 0 Å². The Morgan fingerprint density at radius 1 is 1.14 bits per heavy atom. The monoisotopic (exact) mass is 296 g/mol. The Balaban J connectivity index is 2.06. The van der Waals surface area contributed by atoms with Gasteiger partial charge in [-0.15, -0.1) is 0 Å². The highest BCUT2D eigenvalue weighted by atomic mass is 16.5. The second kappa shape index (κ2) is 6.17. The first-order valence-corrected chi connectivity index (χ1v) is 8.75. The molecule has 1 heterocycles. The molecule has 1 saturated carbocycles. The lowest BCUT2D eigenvalue weighted by Crippen LogP contribution is -2.51. The maximum atomic E-state index is 6.37. The second-order valence-electron chi connectivity index (χ2n) is 8.55. The molecule has 1 aliphatic heterocycles. The lowest BCUT2D eigenvalue weighted by atomic mass is 9.81. The summed E-state index contributed by atoms with van der Waals surface area (Å²) in [5.41, 5.74) is -0.157. The predicted octanol–water partition coefficient (Wildman–Crippen LogP) is 3.29. The van der Waals surface area contributed by atoms with Gasteiger partial charge in [0.2, 0.25) is 0 Å². The molecule has 0 aromatic heterocycles. The van der Waals surface area contributed by atoms with E-state index >= 15 is 0 Å². The van der Waals surface area contributed by atoms with Crippen molar-refractivity contribution in [1.82, 2.24) is 10.2 Å². The number of rotatable bonds is 4. The summed E-state index contributed by atoms with van der Waals surface area (Å²) in [7, 11) is 4.39. The minimum Gasteiger partial charge on any atom is -0.368 e. The summed E-state index contributed by atoms with van der Waals surface area (Å²) in [6, 6.07) is 1.17. The molecule has 124 valence electrons. The average Bonchev–Trinajstić information content (AvgIpc) is 2.53. The zero-order chi connectivity index (χ0) is 15.8. The average molecular weight is 296 g/mol. The molecule has 3 heteroatoms. The molecule has 1 saturated heterocycles. The molecular formula is C18H36N2O. The van der Waals surface area contributed by atoms with Gasteiger partial charge in [-0.2, -0.15) is 0 Å². The molecule has 0 bridgehead atoms. The van der Waals surface area contributed by atoms with E-state index in [0.29, 0.717) is 12.0 Å². The van der Waals surface area contributed by atoms with E-state index in [1.165, 1.54) is 25.7 Å². The molecule has 0 amide bonds. The number of hydrogen-bond donors (Lipinski definition) is 1. The largest absolute Gasteiger partial charge is 0.368 e. The Kier molecular flexibility index (Phi) is 5.07. The van der Waals surface area contributed by atoms with Gasteiger partial charge < -0.3 is 15.0 Å². The molecule has 2 fully saturated rings.